The summed E-state index contributed by atoms with van der Waals surface area (Å²) >= 11 is 3.37. The van der Waals surface area contributed by atoms with Crippen molar-refractivity contribution in [2.75, 3.05) is 6.61 Å². The highest BCUT2D eigenvalue weighted by atomic mass is 79.9. The highest BCUT2D eigenvalue weighted by Gasteiger charge is 2.18. The van der Waals surface area contributed by atoms with E-state index in [1.54, 1.807) is 25.1 Å². The third-order valence-electron chi connectivity index (χ3n) is 3.28. The summed E-state index contributed by atoms with van der Waals surface area (Å²) in [5, 5.41) is 0. The molecule has 0 bridgehead atoms. The normalized spacial score (nSPS) is 13.0. The van der Waals surface area contributed by atoms with Crippen LogP contribution in [0.25, 0.3) is 0 Å². The fourth-order valence-electron chi connectivity index (χ4n) is 2.08. The van der Waals surface area contributed by atoms with Gasteiger partial charge in [-0.25, -0.2) is 13.1 Å². The topological polar surface area (TPSA) is 55.4 Å². The van der Waals surface area contributed by atoms with Crippen molar-refractivity contribution >= 4 is 26.0 Å². The van der Waals surface area contributed by atoms with Gasteiger partial charge in [0.1, 0.15) is 0 Å². The van der Waals surface area contributed by atoms with E-state index in [-0.39, 0.29) is 10.9 Å². The zero-order chi connectivity index (χ0) is 16.9. The van der Waals surface area contributed by atoms with Crippen molar-refractivity contribution in [1.82, 2.24) is 4.72 Å². The molecule has 0 aromatic heterocycles. The van der Waals surface area contributed by atoms with Gasteiger partial charge in [-0.15, -0.1) is 0 Å². The molecule has 0 saturated carbocycles. The highest BCUT2D eigenvalue weighted by molar-refractivity contribution is 9.10. The van der Waals surface area contributed by atoms with Gasteiger partial charge in [0.2, 0.25) is 10.0 Å². The number of hydrogen-bond donors (Lipinski definition) is 1. The first kappa shape index (κ1) is 18.1. The Morgan fingerprint density at radius 1 is 1.17 bits per heavy atom. The predicted octanol–water partition coefficient (Wildman–Crippen LogP) is 3.64. The number of sulfonamides is 1. The van der Waals surface area contributed by atoms with Crippen LogP contribution in [-0.2, 0) is 21.4 Å². The summed E-state index contributed by atoms with van der Waals surface area (Å²) in [6.07, 6.45) is 0. The lowest BCUT2D eigenvalue weighted by Crippen LogP contribution is -2.35. The van der Waals surface area contributed by atoms with Gasteiger partial charge < -0.3 is 4.74 Å². The maximum atomic E-state index is 12.4. The van der Waals surface area contributed by atoms with E-state index in [0.29, 0.717) is 13.2 Å². The largest absolute Gasteiger partial charge is 0.375 e. The first-order chi connectivity index (χ1) is 10.9. The number of hydrogen-bond acceptors (Lipinski definition) is 3. The van der Waals surface area contributed by atoms with E-state index >= 15 is 0 Å². The second-order valence-electron chi connectivity index (χ2n) is 5.43. The van der Waals surface area contributed by atoms with E-state index in [9.17, 15) is 8.42 Å². The van der Waals surface area contributed by atoms with Crippen LogP contribution < -0.4 is 4.72 Å². The molecule has 0 saturated heterocycles. The van der Waals surface area contributed by atoms with Gasteiger partial charge in [0.25, 0.3) is 0 Å². The summed E-state index contributed by atoms with van der Waals surface area (Å²) in [5.74, 6) is 0. The number of benzene rings is 2. The Hall–Kier alpha value is -1.21. The molecule has 0 spiro atoms. The zero-order valence-electron chi connectivity index (χ0n) is 13.1. The fourth-order valence-corrected chi connectivity index (χ4v) is 3.64. The second kappa shape index (κ2) is 8.06. The Morgan fingerprint density at radius 2 is 1.87 bits per heavy atom. The van der Waals surface area contributed by atoms with Crippen molar-refractivity contribution in [3.63, 3.8) is 0 Å². The molecule has 2 aromatic carbocycles. The fraction of sp³-hybridized carbons (Fsp3) is 0.294. The molecule has 2 aromatic rings. The zero-order valence-corrected chi connectivity index (χ0v) is 15.5. The lowest BCUT2D eigenvalue weighted by Gasteiger charge is -2.15. The summed E-state index contributed by atoms with van der Waals surface area (Å²) < 4.78 is 33.8. The van der Waals surface area contributed by atoms with Gasteiger partial charge in [0.05, 0.1) is 18.1 Å². The minimum Gasteiger partial charge on any atom is -0.375 e. The lowest BCUT2D eigenvalue weighted by atomic mass is 10.2. The number of rotatable bonds is 7. The Bertz CT molecular complexity index is 748. The van der Waals surface area contributed by atoms with Crippen LogP contribution in [0.5, 0.6) is 0 Å². The van der Waals surface area contributed by atoms with E-state index < -0.39 is 10.0 Å². The van der Waals surface area contributed by atoms with E-state index in [1.807, 2.05) is 37.3 Å². The number of aryl methyl sites for hydroxylation is 1. The standard InChI is InChI=1S/C17H20BrNO3S/c1-13-10-16(8-9-17(13)18)23(20,21)19-14(2)11-22-12-15-6-4-3-5-7-15/h3-10,14,19H,11-12H2,1-2H3. The molecule has 0 fully saturated rings. The van der Waals surface area contributed by atoms with Crippen molar-refractivity contribution in [2.24, 2.45) is 0 Å². The van der Waals surface area contributed by atoms with Crippen molar-refractivity contribution in [3.05, 3.63) is 64.1 Å². The molecular weight excluding hydrogens is 378 g/mol. The summed E-state index contributed by atoms with van der Waals surface area (Å²) in [7, 11) is -3.54. The van der Waals surface area contributed by atoms with Gasteiger partial charge in [-0.2, -0.15) is 0 Å². The van der Waals surface area contributed by atoms with Gasteiger partial charge >= 0.3 is 0 Å². The molecule has 1 N–H and O–H groups in total. The van der Waals surface area contributed by atoms with E-state index in [4.69, 9.17) is 4.74 Å². The van der Waals surface area contributed by atoms with E-state index in [1.165, 1.54) is 0 Å². The smallest absolute Gasteiger partial charge is 0.240 e. The van der Waals surface area contributed by atoms with Gasteiger partial charge in [-0.3, -0.25) is 0 Å². The molecule has 1 atom stereocenters. The predicted molar refractivity (Wildman–Crippen MR) is 94.8 cm³/mol. The average Bonchev–Trinajstić information content (AvgIpc) is 2.50. The SMILES string of the molecule is Cc1cc(S(=O)(=O)NC(C)COCc2ccccc2)ccc1Br. The number of ether oxygens (including phenoxy) is 1. The van der Waals surface area contributed by atoms with Crippen LogP contribution in [0.4, 0.5) is 0 Å². The van der Waals surface area contributed by atoms with Crippen molar-refractivity contribution in [3.8, 4) is 0 Å². The van der Waals surface area contributed by atoms with Crippen LogP contribution in [0.2, 0.25) is 0 Å². The van der Waals surface area contributed by atoms with Gasteiger partial charge in [-0.05, 0) is 43.2 Å². The van der Waals surface area contributed by atoms with Crippen molar-refractivity contribution in [1.29, 1.82) is 0 Å². The molecule has 0 aliphatic rings. The van der Waals surface area contributed by atoms with Crippen molar-refractivity contribution in [2.45, 2.75) is 31.4 Å². The second-order valence-corrected chi connectivity index (χ2v) is 8.00. The maximum absolute atomic E-state index is 12.4. The number of halogens is 1. The van der Waals surface area contributed by atoms with E-state index in [0.717, 1.165) is 15.6 Å². The minimum absolute atomic E-state index is 0.258. The molecule has 23 heavy (non-hydrogen) atoms. The van der Waals surface area contributed by atoms with Crippen LogP contribution >= 0.6 is 15.9 Å². The molecule has 1 unspecified atom stereocenters. The molecule has 6 heteroatoms. The third-order valence-corrected chi connectivity index (χ3v) is 5.75. The Labute approximate surface area is 146 Å². The molecule has 0 amide bonds. The quantitative estimate of drug-likeness (QED) is 0.775. The van der Waals surface area contributed by atoms with E-state index in [2.05, 4.69) is 20.7 Å². The summed E-state index contributed by atoms with van der Waals surface area (Å²) in [6.45, 7) is 4.41. The van der Waals surface area contributed by atoms with Gasteiger partial charge in [0.15, 0.2) is 0 Å². The Balaban J connectivity index is 1.90. The Kier molecular flexibility index (Phi) is 6.35. The summed E-state index contributed by atoms with van der Waals surface area (Å²) in [4.78, 5) is 0.258. The average molecular weight is 398 g/mol. The number of nitrogens with one attached hydrogen (secondary N) is 1. The molecule has 124 valence electrons. The third kappa shape index (κ3) is 5.42. The molecule has 4 nitrogen and oxygen atoms in total. The maximum Gasteiger partial charge on any atom is 0.240 e. The first-order valence-electron chi connectivity index (χ1n) is 7.28. The highest BCUT2D eigenvalue weighted by Crippen LogP contribution is 2.20. The van der Waals surface area contributed by atoms with Crippen LogP contribution in [-0.4, -0.2) is 21.1 Å². The van der Waals surface area contributed by atoms with Crippen LogP contribution in [0.3, 0.4) is 0 Å². The Morgan fingerprint density at radius 3 is 2.52 bits per heavy atom. The molecule has 0 aliphatic heterocycles. The van der Waals surface area contributed by atoms with Gasteiger partial charge in [-0.1, -0.05) is 46.3 Å². The molecule has 0 aliphatic carbocycles. The molecular formula is C17H20BrNO3S. The molecule has 2 rings (SSSR count). The molecule has 0 radical (unpaired) electrons. The minimum atomic E-state index is -3.54. The summed E-state index contributed by atoms with van der Waals surface area (Å²) in [6, 6.07) is 14.4. The lowest BCUT2D eigenvalue weighted by molar-refractivity contribution is 0.108. The monoisotopic (exact) mass is 397 g/mol. The summed E-state index contributed by atoms with van der Waals surface area (Å²) in [5.41, 5.74) is 1.94. The van der Waals surface area contributed by atoms with Crippen LogP contribution in [0.15, 0.2) is 57.9 Å². The van der Waals surface area contributed by atoms with Crippen LogP contribution in [0, 0.1) is 6.92 Å². The van der Waals surface area contributed by atoms with Crippen LogP contribution in [0.1, 0.15) is 18.1 Å². The first-order valence-corrected chi connectivity index (χ1v) is 9.56. The van der Waals surface area contributed by atoms with Gasteiger partial charge in [0, 0.05) is 10.5 Å². The molecule has 0 heterocycles. The van der Waals surface area contributed by atoms with Crippen molar-refractivity contribution < 1.29 is 13.2 Å².